The van der Waals surface area contributed by atoms with Gasteiger partial charge < -0.3 is 10.5 Å². The molecule has 1 rings (SSSR count). The lowest BCUT2D eigenvalue weighted by Gasteiger charge is -2.11. The van der Waals surface area contributed by atoms with Crippen molar-refractivity contribution in [1.29, 1.82) is 0 Å². The third kappa shape index (κ3) is 2.49. The second-order valence-electron chi connectivity index (χ2n) is 3.39. The van der Waals surface area contributed by atoms with Crippen LogP contribution in [0.4, 0.5) is 5.69 Å². The quantitative estimate of drug-likeness (QED) is 0.609. The van der Waals surface area contributed by atoms with E-state index in [4.69, 9.17) is 10.5 Å². The first-order valence-electron chi connectivity index (χ1n) is 5.16. The molecule has 2 N–H and O–H groups in total. The van der Waals surface area contributed by atoms with Gasteiger partial charge in [-0.25, -0.2) is 0 Å². The van der Waals surface area contributed by atoms with Crippen LogP contribution in [0.25, 0.3) is 0 Å². The smallest absolute Gasteiger partial charge is 0.162 e. The van der Waals surface area contributed by atoms with Crippen LogP contribution in [0, 0.1) is 0 Å². The number of rotatable bonds is 4. The highest BCUT2D eigenvalue weighted by Gasteiger charge is 2.12. The van der Waals surface area contributed by atoms with Gasteiger partial charge in [0.2, 0.25) is 0 Å². The van der Waals surface area contributed by atoms with Gasteiger partial charge in [0, 0.05) is 17.3 Å². The number of Topliss-reactive ketones (excluding diaryl/α,β-unsaturated/α-hetero) is 1. The van der Waals surface area contributed by atoms with E-state index in [2.05, 4.69) is 0 Å². The zero-order valence-electron chi connectivity index (χ0n) is 9.46. The predicted molar refractivity (Wildman–Crippen MR) is 61.4 cm³/mol. The zero-order chi connectivity index (χ0) is 11.4. The zero-order valence-corrected chi connectivity index (χ0v) is 9.46. The first kappa shape index (κ1) is 11.6. The highest BCUT2D eigenvalue weighted by atomic mass is 16.5. The van der Waals surface area contributed by atoms with Crippen LogP contribution >= 0.6 is 0 Å². The fraction of sp³-hybridized carbons (Fsp3) is 0.417. The fourth-order valence-corrected chi connectivity index (χ4v) is 1.65. The van der Waals surface area contributed by atoms with Crippen molar-refractivity contribution < 1.29 is 9.53 Å². The van der Waals surface area contributed by atoms with Gasteiger partial charge in [0.15, 0.2) is 5.78 Å². The first-order valence-corrected chi connectivity index (χ1v) is 5.16. The maximum atomic E-state index is 11.4. The Kier molecular flexibility index (Phi) is 3.72. The Morgan fingerprint density at radius 3 is 2.53 bits per heavy atom. The average molecular weight is 207 g/mol. The van der Waals surface area contributed by atoms with Gasteiger partial charge in [-0.1, -0.05) is 6.92 Å². The molecule has 0 saturated carbocycles. The minimum Gasteiger partial charge on any atom is -0.494 e. The van der Waals surface area contributed by atoms with E-state index in [0.717, 1.165) is 17.7 Å². The van der Waals surface area contributed by atoms with Crippen molar-refractivity contribution in [3.63, 3.8) is 0 Å². The van der Waals surface area contributed by atoms with E-state index in [9.17, 15) is 4.79 Å². The molecule has 82 valence electrons. The summed E-state index contributed by atoms with van der Waals surface area (Å²) in [5, 5.41) is 0. The molecule has 0 aliphatic rings. The van der Waals surface area contributed by atoms with Crippen LogP contribution < -0.4 is 10.5 Å². The number of nitrogen functional groups attached to an aromatic ring is 1. The number of ether oxygens (including phenoxy) is 1. The highest BCUT2D eigenvalue weighted by Crippen LogP contribution is 2.25. The number of carbonyl (C=O) groups excluding carboxylic acids is 1. The Balaban J connectivity index is 3.24. The minimum atomic E-state index is 0.00685. The molecule has 0 heterocycles. The summed E-state index contributed by atoms with van der Waals surface area (Å²) in [4.78, 5) is 11.4. The van der Waals surface area contributed by atoms with Crippen LogP contribution in [-0.2, 0) is 6.42 Å². The summed E-state index contributed by atoms with van der Waals surface area (Å²) < 4.78 is 5.37. The molecule has 15 heavy (non-hydrogen) atoms. The molecule has 1 aromatic carbocycles. The lowest BCUT2D eigenvalue weighted by Crippen LogP contribution is -2.05. The van der Waals surface area contributed by atoms with Crippen molar-refractivity contribution >= 4 is 11.5 Å². The summed E-state index contributed by atoms with van der Waals surface area (Å²) in [6.07, 6.45) is 0.778. The average Bonchev–Trinajstić information content (AvgIpc) is 2.16. The van der Waals surface area contributed by atoms with Gasteiger partial charge in [-0.3, -0.25) is 4.79 Å². The van der Waals surface area contributed by atoms with E-state index in [0.29, 0.717) is 17.9 Å². The molecule has 0 amide bonds. The Morgan fingerprint density at radius 1 is 1.40 bits per heavy atom. The molecule has 0 aliphatic carbocycles. The Morgan fingerprint density at radius 2 is 2.07 bits per heavy atom. The normalized spacial score (nSPS) is 10.1. The molecule has 0 aromatic heterocycles. The number of hydrogen-bond donors (Lipinski definition) is 1. The standard InChI is InChI=1S/C12H17NO2/c1-4-9-6-10(15-5-2)7-11(13)12(9)8(3)14/h6-7H,4-5,13H2,1-3H3. The molecule has 0 atom stereocenters. The van der Waals surface area contributed by atoms with Crippen LogP contribution in [0.1, 0.15) is 36.7 Å². The molecule has 0 bridgehead atoms. The number of anilines is 1. The van der Waals surface area contributed by atoms with Crippen molar-refractivity contribution in [2.75, 3.05) is 12.3 Å². The van der Waals surface area contributed by atoms with Gasteiger partial charge in [-0.05, 0) is 31.9 Å². The number of ketones is 1. The summed E-state index contributed by atoms with van der Waals surface area (Å²) in [5.41, 5.74) is 7.91. The SMILES string of the molecule is CCOc1cc(N)c(C(C)=O)c(CC)c1. The molecule has 0 unspecified atom stereocenters. The van der Waals surface area contributed by atoms with E-state index in [1.54, 1.807) is 6.07 Å². The van der Waals surface area contributed by atoms with Crippen LogP contribution in [0.3, 0.4) is 0 Å². The van der Waals surface area contributed by atoms with E-state index in [-0.39, 0.29) is 5.78 Å². The van der Waals surface area contributed by atoms with E-state index in [1.807, 2.05) is 19.9 Å². The van der Waals surface area contributed by atoms with Gasteiger partial charge in [-0.15, -0.1) is 0 Å². The monoisotopic (exact) mass is 207 g/mol. The Labute approximate surface area is 90.2 Å². The summed E-state index contributed by atoms with van der Waals surface area (Å²) in [5.74, 6) is 0.740. The van der Waals surface area contributed by atoms with Crippen LogP contribution in [0.2, 0.25) is 0 Å². The molecule has 0 saturated heterocycles. The second-order valence-corrected chi connectivity index (χ2v) is 3.39. The van der Waals surface area contributed by atoms with Crippen molar-refractivity contribution in [1.82, 2.24) is 0 Å². The van der Waals surface area contributed by atoms with Gasteiger partial charge in [0.05, 0.1) is 6.61 Å². The van der Waals surface area contributed by atoms with Crippen LogP contribution in [0.15, 0.2) is 12.1 Å². The molecule has 0 spiro atoms. The molecule has 1 aromatic rings. The molecular formula is C12H17NO2. The number of nitrogens with two attached hydrogens (primary N) is 1. The largest absolute Gasteiger partial charge is 0.494 e. The van der Waals surface area contributed by atoms with Gasteiger partial charge in [0.25, 0.3) is 0 Å². The molecule has 3 nitrogen and oxygen atoms in total. The third-order valence-electron chi connectivity index (χ3n) is 2.27. The summed E-state index contributed by atoms with van der Waals surface area (Å²) in [6.45, 7) is 6.05. The predicted octanol–water partition coefficient (Wildman–Crippen LogP) is 2.43. The summed E-state index contributed by atoms with van der Waals surface area (Å²) >= 11 is 0. The second kappa shape index (κ2) is 4.82. The van der Waals surface area contributed by atoms with E-state index >= 15 is 0 Å². The third-order valence-corrected chi connectivity index (χ3v) is 2.27. The molecular weight excluding hydrogens is 190 g/mol. The maximum absolute atomic E-state index is 11.4. The number of benzene rings is 1. The summed E-state index contributed by atoms with van der Waals surface area (Å²) in [7, 11) is 0. The van der Waals surface area contributed by atoms with Gasteiger partial charge in [0.1, 0.15) is 5.75 Å². The lowest BCUT2D eigenvalue weighted by molar-refractivity contribution is 0.101. The topological polar surface area (TPSA) is 52.3 Å². The lowest BCUT2D eigenvalue weighted by atomic mass is 10.00. The summed E-state index contributed by atoms with van der Waals surface area (Å²) in [6, 6.07) is 3.59. The highest BCUT2D eigenvalue weighted by molar-refractivity contribution is 6.00. The number of carbonyl (C=O) groups is 1. The van der Waals surface area contributed by atoms with E-state index < -0.39 is 0 Å². The number of aryl methyl sites for hydroxylation is 1. The molecule has 3 heteroatoms. The Hall–Kier alpha value is -1.51. The molecule has 0 radical (unpaired) electrons. The van der Waals surface area contributed by atoms with Gasteiger partial charge in [-0.2, -0.15) is 0 Å². The van der Waals surface area contributed by atoms with E-state index in [1.165, 1.54) is 6.92 Å². The van der Waals surface area contributed by atoms with Crippen molar-refractivity contribution in [2.24, 2.45) is 0 Å². The first-order chi connectivity index (χ1) is 7.10. The minimum absolute atomic E-state index is 0.00685. The Bertz CT molecular complexity index is 372. The van der Waals surface area contributed by atoms with Crippen molar-refractivity contribution in [3.8, 4) is 5.75 Å². The molecule has 0 fully saturated rings. The van der Waals surface area contributed by atoms with Crippen LogP contribution in [-0.4, -0.2) is 12.4 Å². The fourth-order valence-electron chi connectivity index (χ4n) is 1.65. The van der Waals surface area contributed by atoms with Crippen LogP contribution in [0.5, 0.6) is 5.75 Å². The maximum Gasteiger partial charge on any atom is 0.162 e. The van der Waals surface area contributed by atoms with Crippen molar-refractivity contribution in [3.05, 3.63) is 23.3 Å². The van der Waals surface area contributed by atoms with Crippen molar-refractivity contribution in [2.45, 2.75) is 27.2 Å². The molecule has 0 aliphatic heterocycles. The van der Waals surface area contributed by atoms with Gasteiger partial charge >= 0.3 is 0 Å². The number of hydrogen-bond acceptors (Lipinski definition) is 3.